The van der Waals surface area contributed by atoms with Crippen LogP contribution >= 0.6 is 0 Å². The fourth-order valence-corrected chi connectivity index (χ4v) is 2.33. The lowest BCUT2D eigenvalue weighted by molar-refractivity contribution is -0.137. The van der Waals surface area contributed by atoms with E-state index in [-0.39, 0.29) is 6.42 Å². The number of allylic oxidation sites excluding steroid dienone is 6. The number of aliphatic carboxylic acids is 1. The van der Waals surface area contributed by atoms with Gasteiger partial charge in [-0.25, -0.2) is 0 Å². The molecule has 0 radical (unpaired) electrons. The van der Waals surface area contributed by atoms with Gasteiger partial charge in [-0.3, -0.25) is 4.79 Å². The van der Waals surface area contributed by atoms with Crippen molar-refractivity contribution in [3.63, 3.8) is 0 Å². The molecular formula is C21H36O2. The molecule has 0 heterocycles. The molecule has 0 aromatic carbocycles. The summed E-state index contributed by atoms with van der Waals surface area (Å²) in [6.45, 7) is 2.21. The summed E-state index contributed by atoms with van der Waals surface area (Å²) in [5, 5.41) is 8.52. The molecule has 2 heteroatoms. The third-order valence-corrected chi connectivity index (χ3v) is 3.73. The van der Waals surface area contributed by atoms with Gasteiger partial charge in [0.25, 0.3) is 0 Å². The van der Waals surface area contributed by atoms with Crippen LogP contribution in [0.2, 0.25) is 0 Å². The van der Waals surface area contributed by atoms with Gasteiger partial charge in [-0.05, 0) is 51.4 Å². The zero-order chi connectivity index (χ0) is 17.0. The maximum Gasteiger partial charge on any atom is 0.303 e. The number of carboxylic acids is 1. The molecule has 0 saturated heterocycles. The molecule has 0 fully saturated rings. The second-order valence-corrected chi connectivity index (χ2v) is 6.07. The summed E-state index contributed by atoms with van der Waals surface area (Å²) in [6, 6.07) is 0. The van der Waals surface area contributed by atoms with Crippen LogP contribution < -0.4 is 0 Å². The predicted molar refractivity (Wildman–Crippen MR) is 101 cm³/mol. The molecule has 0 atom stereocenters. The minimum atomic E-state index is -0.693. The molecule has 0 rings (SSSR count). The molecule has 1 N–H and O–H groups in total. The summed E-state index contributed by atoms with van der Waals surface area (Å²) in [5.41, 5.74) is 0. The van der Waals surface area contributed by atoms with E-state index in [9.17, 15) is 4.79 Å². The predicted octanol–water partition coefficient (Wildman–Crippen LogP) is 6.83. The van der Waals surface area contributed by atoms with Crippen LogP contribution in [0.1, 0.15) is 90.4 Å². The first-order valence-corrected chi connectivity index (χ1v) is 9.44. The second kappa shape index (κ2) is 18.7. The summed E-state index contributed by atoms with van der Waals surface area (Å²) < 4.78 is 0. The molecule has 0 aliphatic carbocycles. The van der Waals surface area contributed by atoms with Crippen molar-refractivity contribution in [3.05, 3.63) is 36.5 Å². The van der Waals surface area contributed by atoms with E-state index in [0.717, 1.165) is 25.7 Å². The van der Waals surface area contributed by atoms with Crippen molar-refractivity contribution in [3.8, 4) is 0 Å². The highest BCUT2D eigenvalue weighted by Gasteiger charge is 1.93. The molecule has 0 saturated carbocycles. The van der Waals surface area contributed by atoms with Crippen molar-refractivity contribution in [1.29, 1.82) is 0 Å². The Kier molecular flexibility index (Phi) is 17.7. The average Bonchev–Trinajstić information content (AvgIpc) is 2.53. The number of hydrogen-bond donors (Lipinski definition) is 1. The maximum atomic E-state index is 10.3. The van der Waals surface area contributed by atoms with E-state index in [0.29, 0.717) is 0 Å². The SMILES string of the molecule is CCC/C=C\C/C=C\CCCCCCC/C=C\CCCC(=O)O. The minimum absolute atomic E-state index is 0.286. The normalized spacial score (nSPS) is 12.0. The zero-order valence-corrected chi connectivity index (χ0v) is 15.0. The summed E-state index contributed by atoms with van der Waals surface area (Å²) in [5.74, 6) is -0.693. The van der Waals surface area contributed by atoms with Crippen LogP contribution in [0.25, 0.3) is 0 Å². The summed E-state index contributed by atoms with van der Waals surface area (Å²) in [6.07, 6.45) is 27.8. The standard InChI is InChI=1S/C21H36O2/c1-2-3-4-5-6-7-8-9-10-11-12-13-14-15-16-17-18-19-20-21(22)23/h4-5,7-8,16-17H,2-3,6,9-15,18-20H2,1H3,(H,22,23)/b5-4-,8-7-,17-16-. The first-order chi connectivity index (χ1) is 11.3. The smallest absolute Gasteiger partial charge is 0.303 e. The third-order valence-electron chi connectivity index (χ3n) is 3.73. The Hall–Kier alpha value is -1.31. The fraction of sp³-hybridized carbons (Fsp3) is 0.667. The van der Waals surface area contributed by atoms with Crippen LogP contribution in [0.3, 0.4) is 0 Å². The van der Waals surface area contributed by atoms with Crippen molar-refractivity contribution >= 4 is 5.97 Å². The van der Waals surface area contributed by atoms with Crippen LogP contribution in [0.4, 0.5) is 0 Å². The van der Waals surface area contributed by atoms with E-state index < -0.39 is 5.97 Å². The van der Waals surface area contributed by atoms with E-state index in [1.165, 1.54) is 51.4 Å². The van der Waals surface area contributed by atoms with Gasteiger partial charge in [0.1, 0.15) is 0 Å². The second-order valence-electron chi connectivity index (χ2n) is 6.07. The molecule has 0 bridgehead atoms. The average molecular weight is 321 g/mol. The van der Waals surface area contributed by atoms with Crippen molar-refractivity contribution < 1.29 is 9.90 Å². The van der Waals surface area contributed by atoms with Crippen molar-refractivity contribution in [2.45, 2.75) is 90.4 Å². The lowest BCUT2D eigenvalue weighted by Crippen LogP contribution is -1.92. The Morgan fingerprint density at radius 3 is 1.74 bits per heavy atom. The largest absolute Gasteiger partial charge is 0.481 e. The van der Waals surface area contributed by atoms with Crippen LogP contribution in [0, 0.1) is 0 Å². The Labute approximate surface area is 143 Å². The molecule has 0 spiro atoms. The number of hydrogen-bond acceptors (Lipinski definition) is 1. The number of unbranched alkanes of at least 4 members (excludes halogenated alkanes) is 8. The van der Waals surface area contributed by atoms with Crippen molar-refractivity contribution in [1.82, 2.24) is 0 Å². The summed E-state index contributed by atoms with van der Waals surface area (Å²) in [4.78, 5) is 10.3. The van der Waals surface area contributed by atoms with E-state index in [1.54, 1.807) is 0 Å². The molecule has 0 aromatic rings. The first kappa shape index (κ1) is 21.7. The van der Waals surface area contributed by atoms with Gasteiger partial charge in [0.15, 0.2) is 0 Å². The molecule has 23 heavy (non-hydrogen) atoms. The van der Waals surface area contributed by atoms with Gasteiger partial charge in [0, 0.05) is 6.42 Å². The Bertz CT molecular complexity index is 340. The molecule has 0 aliphatic rings. The van der Waals surface area contributed by atoms with E-state index in [2.05, 4.69) is 43.4 Å². The van der Waals surface area contributed by atoms with Crippen molar-refractivity contribution in [2.24, 2.45) is 0 Å². The number of rotatable bonds is 16. The van der Waals surface area contributed by atoms with Crippen LogP contribution in [-0.4, -0.2) is 11.1 Å². The quantitative estimate of drug-likeness (QED) is 0.250. The van der Waals surface area contributed by atoms with Gasteiger partial charge in [-0.1, -0.05) is 69.1 Å². The Morgan fingerprint density at radius 1 is 0.696 bits per heavy atom. The molecule has 0 amide bonds. The van der Waals surface area contributed by atoms with Gasteiger partial charge in [-0.15, -0.1) is 0 Å². The van der Waals surface area contributed by atoms with Gasteiger partial charge in [0.2, 0.25) is 0 Å². The highest BCUT2D eigenvalue weighted by atomic mass is 16.4. The molecule has 132 valence electrons. The van der Waals surface area contributed by atoms with Crippen LogP contribution in [-0.2, 0) is 4.79 Å². The number of carbonyl (C=O) groups is 1. The lowest BCUT2D eigenvalue weighted by atomic mass is 10.1. The lowest BCUT2D eigenvalue weighted by Gasteiger charge is -1.98. The molecule has 0 aliphatic heterocycles. The van der Waals surface area contributed by atoms with Crippen LogP contribution in [0.15, 0.2) is 36.5 Å². The topological polar surface area (TPSA) is 37.3 Å². The Morgan fingerprint density at radius 2 is 1.17 bits per heavy atom. The highest BCUT2D eigenvalue weighted by molar-refractivity contribution is 5.66. The van der Waals surface area contributed by atoms with Crippen LogP contribution in [0.5, 0.6) is 0 Å². The maximum absolute atomic E-state index is 10.3. The summed E-state index contributed by atoms with van der Waals surface area (Å²) >= 11 is 0. The Balaban J connectivity index is 3.20. The zero-order valence-electron chi connectivity index (χ0n) is 15.0. The molecule has 2 nitrogen and oxygen atoms in total. The van der Waals surface area contributed by atoms with E-state index >= 15 is 0 Å². The third kappa shape index (κ3) is 20.7. The number of carboxylic acid groups (broad SMARTS) is 1. The van der Waals surface area contributed by atoms with Gasteiger partial charge in [-0.2, -0.15) is 0 Å². The fourth-order valence-electron chi connectivity index (χ4n) is 2.33. The highest BCUT2D eigenvalue weighted by Crippen LogP contribution is 2.08. The van der Waals surface area contributed by atoms with Crippen molar-refractivity contribution in [2.75, 3.05) is 0 Å². The molecule has 0 aromatic heterocycles. The van der Waals surface area contributed by atoms with E-state index in [1.807, 2.05) is 0 Å². The molecular weight excluding hydrogens is 284 g/mol. The monoisotopic (exact) mass is 320 g/mol. The van der Waals surface area contributed by atoms with Gasteiger partial charge < -0.3 is 5.11 Å². The first-order valence-electron chi connectivity index (χ1n) is 9.44. The van der Waals surface area contributed by atoms with E-state index in [4.69, 9.17) is 5.11 Å². The summed E-state index contributed by atoms with van der Waals surface area (Å²) in [7, 11) is 0. The minimum Gasteiger partial charge on any atom is -0.481 e. The van der Waals surface area contributed by atoms with Gasteiger partial charge >= 0.3 is 5.97 Å². The molecule has 0 unspecified atom stereocenters. The van der Waals surface area contributed by atoms with Gasteiger partial charge in [0.05, 0.1) is 0 Å².